The molecule has 0 atom stereocenters. The first-order valence-corrected chi connectivity index (χ1v) is 6.34. The molecular formula is C14H17N5O. The number of aromatic nitrogens is 2. The van der Waals surface area contributed by atoms with E-state index in [2.05, 4.69) is 20.6 Å². The molecule has 0 spiro atoms. The van der Waals surface area contributed by atoms with Gasteiger partial charge in [-0.05, 0) is 38.1 Å². The summed E-state index contributed by atoms with van der Waals surface area (Å²) < 4.78 is 0. The largest absolute Gasteiger partial charge is 0.393 e. The molecule has 0 bridgehead atoms. The van der Waals surface area contributed by atoms with Gasteiger partial charge in [0.2, 0.25) is 0 Å². The second-order valence-corrected chi connectivity index (χ2v) is 4.27. The van der Waals surface area contributed by atoms with Crippen molar-refractivity contribution in [2.75, 3.05) is 22.9 Å². The summed E-state index contributed by atoms with van der Waals surface area (Å²) in [7, 11) is 0. The number of carbonyl (C=O) groups excluding carboxylic acids is 1. The molecule has 104 valence electrons. The van der Waals surface area contributed by atoms with Crippen LogP contribution in [-0.2, 0) is 0 Å². The van der Waals surface area contributed by atoms with Gasteiger partial charge in [0.05, 0.1) is 0 Å². The highest BCUT2D eigenvalue weighted by atomic mass is 16.1. The number of ketones is 1. The van der Waals surface area contributed by atoms with Gasteiger partial charge in [-0.2, -0.15) is 0 Å². The van der Waals surface area contributed by atoms with Gasteiger partial charge in [0, 0.05) is 17.8 Å². The Hall–Kier alpha value is -2.63. The van der Waals surface area contributed by atoms with Crippen molar-refractivity contribution in [2.45, 2.75) is 13.8 Å². The first-order valence-electron chi connectivity index (χ1n) is 6.34. The number of benzene rings is 1. The molecule has 0 aliphatic heterocycles. The molecule has 1 heterocycles. The maximum Gasteiger partial charge on any atom is 0.159 e. The highest BCUT2D eigenvalue weighted by molar-refractivity contribution is 5.94. The van der Waals surface area contributed by atoms with E-state index in [-0.39, 0.29) is 5.78 Å². The predicted molar refractivity (Wildman–Crippen MR) is 80.3 cm³/mol. The first-order chi connectivity index (χ1) is 9.61. The predicted octanol–water partition coefficient (Wildman–Crippen LogP) is 2.44. The van der Waals surface area contributed by atoms with E-state index in [1.807, 2.05) is 19.1 Å². The van der Waals surface area contributed by atoms with Crippen molar-refractivity contribution in [1.29, 1.82) is 0 Å². The van der Waals surface area contributed by atoms with Crippen LogP contribution in [0, 0.1) is 0 Å². The fraction of sp³-hybridized carbons (Fsp3) is 0.214. The molecule has 2 aromatic rings. The third-order valence-electron chi connectivity index (χ3n) is 2.78. The number of nitrogens with zero attached hydrogens (tertiary/aromatic N) is 2. The Morgan fingerprint density at radius 3 is 2.45 bits per heavy atom. The minimum atomic E-state index is 0.0348. The Morgan fingerprint density at radius 1 is 1.20 bits per heavy atom. The SMILES string of the molecule is CCNc1ncnc(Nc2ccc(C(C)=O)cc2)c1N. The van der Waals surface area contributed by atoms with Crippen molar-refractivity contribution >= 4 is 28.8 Å². The summed E-state index contributed by atoms with van der Waals surface area (Å²) in [4.78, 5) is 19.4. The zero-order valence-electron chi connectivity index (χ0n) is 11.5. The number of hydrogen-bond donors (Lipinski definition) is 3. The van der Waals surface area contributed by atoms with Crippen molar-refractivity contribution < 1.29 is 4.79 Å². The van der Waals surface area contributed by atoms with E-state index in [1.54, 1.807) is 12.1 Å². The lowest BCUT2D eigenvalue weighted by molar-refractivity contribution is 0.101. The van der Waals surface area contributed by atoms with E-state index in [0.29, 0.717) is 22.9 Å². The fourth-order valence-corrected chi connectivity index (χ4v) is 1.73. The molecule has 0 aliphatic carbocycles. The van der Waals surface area contributed by atoms with Crippen LogP contribution in [0.4, 0.5) is 23.0 Å². The van der Waals surface area contributed by atoms with Gasteiger partial charge in [-0.25, -0.2) is 9.97 Å². The minimum absolute atomic E-state index is 0.0348. The molecule has 6 heteroatoms. The molecule has 0 aliphatic rings. The molecule has 0 saturated heterocycles. The summed E-state index contributed by atoms with van der Waals surface area (Å²) in [5.74, 6) is 1.17. The first kappa shape index (κ1) is 13.8. The summed E-state index contributed by atoms with van der Waals surface area (Å²) in [6.45, 7) is 4.23. The van der Waals surface area contributed by atoms with E-state index in [1.165, 1.54) is 13.3 Å². The Kier molecular flexibility index (Phi) is 4.14. The summed E-state index contributed by atoms with van der Waals surface area (Å²) in [6, 6.07) is 7.14. The second kappa shape index (κ2) is 6.01. The van der Waals surface area contributed by atoms with Crippen LogP contribution in [0.3, 0.4) is 0 Å². The number of carbonyl (C=O) groups is 1. The lowest BCUT2D eigenvalue weighted by atomic mass is 10.1. The number of nitrogen functional groups attached to an aromatic ring is 1. The lowest BCUT2D eigenvalue weighted by Gasteiger charge is -2.11. The van der Waals surface area contributed by atoms with Gasteiger partial charge >= 0.3 is 0 Å². The van der Waals surface area contributed by atoms with Crippen LogP contribution < -0.4 is 16.4 Å². The normalized spacial score (nSPS) is 10.1. The molecule has 0 unspecified atom stereocenters. The smallest absolute Gasteiger partial charge is 0.159 e. The molecule has 2 rings (SSSR count). The molecular weight excluding hydrogens is 254 g/mol. The van der Waals surface area contributed by atoms with Gasteiger partial charge in [-0.3, -0.25) is 4.79 Å². The summed E-state index contributed by atoms with van der Waals surface area (Å²) >= 11 is 0. The highest BCUT2D eigenvalue weighted by Gasteiger charge is 2.07. The molecule has 0 radical (unpaired) electrons. The number of rotatable bonds is 5. The van der Waals surface area contributed by atoms with Crippen molar-refractivity contribution in [1.82, 2.24) is 9.97 Å². The van der Waals surface area contributed by atoms with Crippen molar-refractivity contribution in [3.05, 3.63) is 36.2 Å². The molecule has 1 aromatic carbocycles. The zero-order chi connectivity index (χ0) is 14.5. The van der Waals surface area contributed by atoms with E-state index >= 15 is 0 Å². The molecule has 0 fully saturated rings. The average molecular weight is 271 g/mol. The van der Waals surface area contributed by atoms with E-state index in [0.717, 1.165) is 12.2 Å². The minimum Gasteiger partial charge on any atom is -0.393 e. The Labute approximate surface area is 117 Å². The molecule has 0 saturated carbocycles. The fourth-order valence-electron chi connectivity index (χ4n) is 1.73. The van der Waals surface area contributed by atoms with E-state index in [4.69, 9.17) is 5.73 Å². The second-order valence-electron chi connectivity index (χ2n) is 4.27. The highest BCUT2D eigenvalue weighted by Crippen LogP contribution is 2.25. The van der Waals surface area contributed by atoms with Crippen molar-refractivity contribution in [3.8, 4) is 0 Å². The van der Waals surface area contributed by atoms with Crippen molar-refractivity contribution in [2.24, 2.45) is 0 Å². The van der Waals surface area contributed by atoms with Gasteiger partial charge in [0.25, 0.3) is 0 Å². The van der Waals surface area contributed by atoms with Gasteiger partial charge in [-0.1, -0.05) is 0 Å². The van der Waals surface area contributed by atoms with Crippen LogP contribution >= 0.6 is 0 Å². The third kappa shape index (κ3) is 3.03. The summed E-state index contributed by atoms with van der Waals surface area (Å²) in [5.41, 5.74) is 7.93. The topological polar surface area (TPSA) is 92.9 Å². The maximum atomic E-state index is 11.2. The van der Waals surface area contributed by atoms with Crippen LogP contribution in [-0.4, -0.2) is 22.3 Å². The van der Waals surface area contributed by atoms with Gasteiger partial charge in [-0.15, -0.1) is 0 Å². The van der Waals surface area contributed by atoms with Gasteiger partial charge in [0.1, 0.15) is 12.0 Å². The van der Waals surface area contributed by atoms with Crippen molar-refractivity contribution in [3.63, 3.8) is 0 Å². The van der Waals surface area contributed by atoms with Crippen LogP contribution in [0.2, 0.25) is 0 Å². The average Bonchev–Trinajstić information content (AvgIpc) is 2.44. The standard InChI is InChI=1S/C14H17N5O/c1-3-16-13-12(15)14(18-8-17-13)19-11-6-4-10(5-7-11)9(2)20/h4-8H,3,15H2,1-2H3,(H2,16,17,18,19). The number of hydrogen-bond acceptors (Lipinski definition) is 6. The Morgan fingerprint density at radius 2 is 1.85 bits per heavy atom. The Balaban J connectivity index is 2.21. The van der Waals surface area contributed by atoms with E-state index in [9.17, 15) is 4.79 Å². The van der Waals surface area contributed by atoms with Crippen LogP contribution in [0.5, 0.6) is 0 Å². The van der Waals surface area contributed by atoms with Crippen LogP contribution in [0.15, 0.2) is 30.6 Å². The van der Waals surface area contributed by atoms with Crippen LogP contribution in [0.25, 0.3) is 0 Å². The van der Waals surface area contributed by atoms with E-state index < -0.39 is 0 Å². The van der Waals surface area contributed by atoms with Gasteiger partial charge in [0.15, 0.2) is 17.4 Å². The number of anilines is 4. The number of Topliss-reactive ketones (excluding diaryl/α,β-unsaturated/α-hetero) is 1. The quantitative estimate of drug-likeness (QED) is 0.723. The van der Waals surface area contributed by atoms with Gasteiger partial charge < -0.3 is 16.4 Å². The molecule has 6 nitrogen and oxygen atoms in total. The lowest BCUT2D eigenvalue weighted by Crippen LogP contribution is -2.07. The molecule has 1 aromatic heterocycles. The number of nitrogens with two attached hydrogens (primary N) is 1. The molecule has 4 N–H and O–H groups in total. The molecule has 0 amide bonds. The third-order valence-corrected chi connectivity index (χ3v) is 2.78. The summed E-state index contributed by atoms with van der Waals surface area (Å²) in [5, 5.41) is 6.17. The maximum absolute atomic E-state index is 11.2. The monoisotopic (exact) mass is 271 g/mol. The molecule has 20 heavy (non-hydrogen) atoms. The van der Waals surface area contributed by atoms with Crippen LogP contribution in [0.1, 0.15) is 24.2 Å². The number of nitrogens with one attached hydrogen (secondary N) is 2. The Bertz CT molecular complexity index is 609. The zero-order valence-corrected chi connectivity index (χ0v) is 11.5. The summed E-state index contributed by atoms with van der Waals surface area (Å²) in [6.07, 6.45) is 1.45.